The van der Waals surface area contributed by atoms with Gasteiger partial charge in [0.2, 0.25) is 0 Å². The molecule has 21 heavy (non-hydrogen) atoms. The first-order chi connectivity index (χ1) is 10.2. The van der Waals surface area contributed by atoms with Gasteiger partial charge in [-0.05, 0) is 42.5 Å². The molecule has 2 aromatic carbocycles. The zero-order valence-electron chi connectivity index (χ0n) is 13.1. The molecule has 1 saturated carbocycles. The van der Waals surface area contributed by atoms with Crippen LogP contribution in [0.4, 0.5) is 0 Å². The van der Waals surface area contributed by atoms with Crippen LogP contribution >= 0.6 is 0 Å². The molecule has 0 radical (unpaired) electrons. The van der Waals surface area contributed by atoms with Gasteiger partial charge in [-0.15, -0.1) is 0 Å². The molecule has 0 saturated heterocycles. The van der Waals surface area contributed by atoms with Gasteiger partial charge >= 0.3 is 0 Å². The van der Waals surface area contributed by atoms with Crippen molar-refractivity contribution in [3.05, 3.63) is 42.0 Å². The maximum atomic E-state index is 6.31. The van der Waals surface area contributed by atoms with Crippen molar-refractivity contribution in [2.45, 2.75) is 58.2 Å². The van der Waals surface area contributed by atoms with Crippen molar-refractivity contribution in [3.63, 3.8) is 0 Å². The fourth-order valence-corrected chi connectivity index (χ4v) is 3.10. The monoisotopic (exact) mass is 283 g/mol. The summed E-state index contributed by atoms with van der Waals surface area (Å²) >= 11 is 0. The molecule has 0 bridgehead atoms. The van der Waals surface area contributed by atoms with E-state index in [1.807, 2.05) is 0 Å². The predicted octanol–water partition coefficient (Wildman–Crippen LogP) is 4.66. The van der Waals surface area contributed by atoms with E-state index < -0.39 is 0 Å². The summed E-state index contributed by atoms with van der Waals surface area (Å²) in [6.45, 7) is 5.23. The van der Waals surface area contributed by atoms with E-state index in [9.17, 15) is 0 Å². The maximum Gasteiger partial charge on any atom is 0.124 e. The van der Waals surface area contributed by atoms with Crippen LogP contribution in [0, 0.1) is 0 Å². The Morgan fingerprint density at radius 3 is 2.62 bits per heavy atom. The normalized spacial score (nSPS) is 16.0. The Morgan fingerprint density at radius 2 is 1.86 bits per heavy atom. The number of hydrogen-bond acceptors (Lipinski definition) is 2. The van der Waals surface area contributed by atoms with Crippen LogP contribution in [-0.2, 0) is 6.54 Å². The van der Waals surface area contributed by atoms with Gasteiger partial charge in [0.25, 0.3) is 0 Å². The molecule has 1 aliphatic rings. The molecule has 2 nitrogen and oxygen atoms in total. The minimum absolute atomic E-state index is 0.406. The third-order valence-electron chi connectivity index (χ3n) is 4.28. The second kappa shape index (κ2) is 6.48. The summed E-state index contributed by atoms with van der Waals surface area (Å²) in [4.78, 5) is 0. The molecule has 1 N–H and O–H groups in total. The SMILES string of the molecule is CC(C)NCc1c(OC2CCCC2)ccc2ccccc12. The average molecular weight is 283 g/mol. The lowest BCUT2D eigenvalue weighted by atomic mass is 10.0. The highest BCUT2D eigenvalue weighted by atomic mass is 16.5. The summed E-state index contributed by atoms with van der Waals surface area (Å²) < 4.78 is 6.31. The second-order valence-electron chi connectivity index (χ2n) is 6.32. The minimum atomic E-state index is 0.406. The van der Waals surface area contributed by atoms with Gasteiger partial charge in [-0.1, -0.05) is 44.2 Å². The van der Waals surface area contributed by atoms with Gasteiger partial charge in [0.15, 0.2) is 0 Å². The number of fused-ring (bicyclic) bond motifs is 1. The van der Waals surface area contributed by atoms with Crippen LogP contribution in [-0.4, -0.2) is 12.1 Å². The lowest BCUT2D eigenvalue weighted by molar-refractivity contribution is 0.208. The standard InChI is InChI=1S/C19H25NO/c1-14(2)20-13-18-17-10-6-3-7-15(17)11-12-19(18)21-16-8-4-5-9-16/h3,6-7,10-12,14,16,20H,4-5,8-9,13H2,1-2H3. The Labute approximate surface area is 127 Å². The fourth-order valence-electron chi connectivity index (χ4n) is 3.10. The van der Waals surface area contributed by atoms with Gasteiger partial charge in [-0.2, -0.15) is 0 Å². The summed E-state index contributed by atoms with van der Waals surface area (Å²) in [6.07, 6.45) is 5.41. The van der Waals surface area contributed by atoms with Crippen molar-refractivity contribution in [2.75, 3.05) is 0 Å². The molecular weight excluding hydrogens is 258 g/mol. The molecule has 0 heterocycles. The summed E-state index contributed by atoms with van der Waals surface area (Å²) in [5, 5.41) is 6.13. The number of rotatable bonds is 5. The minimum Gasteiger partial charge on any atom is -0.490 e. The Bertz CT molecular complexity index is 600. The lowest BCUT2D eigenvalue weighted by Gasteiger charge is -2.19. The Hall–Kier alpha value is -1.54. The van der Waals surface area contributed by atoms with E-state index in [4.69, 9.17) is 4.74 Å². The largest absolute Gasteiger partial charge is 0.490 e. The van der Waals surface area contributed by atoms with E-state index in [0.29, 0.717) is 12.1 Å². The first-order valence-corrected chi connectivity index (χ1v) is 8.14. The van der Waals surface area contributed by atoms with Crippen LogP contribution in [0.2, 0.25) is 0 Å². The van der Waals surface area contributed by atoms with Crippen molar-refractivity contribution in [1.82, 2.24) is 5.32 Å². The maximum absolute atomic E-state index is 6.31. The van der Waals surface area contributed by atoms with Crippen LogP contribution in [0.25, 0.3) is 10.8 Å². The van der Waals surface area contributed by atoms with Crippen molar-refractivity contribution in [2.24, 2.45) is 0 Å². The Kier molecular flexibility index (Phi) is 4.45. The lowest BCUT2D eigenvalue weighted by Crippen LogP contribution is -2.23. The van der Waals surface area contributed by atoms with E-state index in [0.717, 1.165) is 12.3 Å². The van der Waals surface area contributed by atoms with E-state index in [1.165, 1.54) is 42.0 Å². The smallest absolute Gasteiger partial charge is 0.124 e. The summed E-state index contributed by atoms with van der Waals surface area (Å²) in [6, 6.07) is 13.4. The zero-order valence-corrected chi connectivity index (χ0v) is 13.1. The van der Waals surface area contributed by atoms with Crippen molar-refractivity contribution >= 4 is 10.8 Å². The molecule has 3 rings (SSSR count). The van der Waals surface area contributed by atoms with Crippen LogP contribution in [0.5, 0.6) is 5.75 Å². The quantitative estimate of drug-likeness (QED) is 0.861. The molecule has 1 aliphatic carbocycles. The molecule has 0 amide bonds. The molecule has 2 aromatic rings. The number of benzene rings is 2. The van der Waals surface area contributed by atoms with E-state index in [2.05, 4.69) is 55.6 Å². The van der Waals surface area contributed by atoms with Crippen LogP contribution in [0.3, 0.4) is 0 Å². The highest BCUT2D eigenvalue weighted by molar-refractivity contribution is 5.87. The second-order valence-corrected chi connectivity index (χ2v) is 6.32. The zero-order chi connectivity index (χ0) is 14.7. The van der Waals surface area contributed by atoms with Gasteiger partial charge in [-0.25, -0.2) is 0 Å². The first kappa shape index (κ1) is 14.4. The highest BCUT2D eigenvalue weighted by Gasteiger charge is 2.18. The molecule has 0 atom stereocenters. The van der Waals surface area contributed by atoms with Gasteiger partial charge < -0.3 is 10.1 Å². The van der Waals surface area contributed by atoms with Crippen molar-refractivity contribution < 1.29 is 4.74 Å². The summed E-state index contributed by atoms with van der Waals surface area (Å²) in [7, 11) is 0. The fraction of sp³-hybridized carbons (Fsp3) is 0.474. The van der Waals surface area contributed by atoms with Crippen molar-refractivity contribution in [1.29, 1.82) is 0 Å². The van der Waals surface area contributed by atoms with Gasteiger partial charge in [0.05, 0.1) is 6.10 Å². The number of nitrogens with one attached hydrogen (secondary N) is 1. The molecule has 1 fully saturated rings. The van der Waals surface area contributed by atoms with E-state index >= 15 is 0 Å². The summed E-state index contributed by atoms with van der Waals surface area (Å²) in [5.74, 6) is 1.06. The third-order valence-corrected chi connectivity index (χ3v) is 4.28. The third kappa shape index (κ3) is 3.38. The Balaban J connectivity index is 1.94. The number of hydrogen-bond donors (Lipinski definition) is 1. The topological polar surface area (TPSA) is 21.3 Å². The predicted molar refractivity (Wildman–Crippen MR) is 88.8 cm³/mol. The number of ether oxygens (including phenoxy) is 1. The molecular formula is C19H25NO. The Morgan fingerprint density at radius 1 is 1.10 bits per heavy atom. The molecule has 112 valence electrons. The van der Waals surface area contributed by atoms with Crippen molar-refractivity contribution in [3.8, 4) is 5.75 Å². The van der Waals surface area contributed by atoms with Crippen LogP contribution in [0.1, 0.15) is 45.1 Å². The van der Waals surface area contributed by atoms with Gasteiger partial charge in [0, 0.05) is 18.2 Å². The molecule has 0 aliphatic heterocycles. The first-order valence-electron chi connectivity index (χ1n) is 8.14. The highest BCUT2D eigenvalue weighted by Crippen LogP contribution is 2.31. The molecule has 0 spiro atoms. The molecule has 0 unspecified atom stereocenters. The molecule has 2 heteroatoms. The van der Waals surface area contributed by atoms with Crippen LogP contribution < -0.4 is 10.1 Å². The van der Waals surface area contributed by atoms with Gasteiger partial charge in [0.1, 0.15) is 5.75 Å². The van der Waals surface area contributed by atoms with E-state index in [1.54, 1.807) is 0 Å². The van der Waals surface area contributed by atoms with E-state index in [-0.39, 0.29) is 0 Å². The van der Waals surface area contributed by atoms with Gasteiger partial charge in [-0.3, -0.25) is 0 Å². The van der Waals surface area contributed by atoms with Crippen LogP contribution in [0.15, 0.2) is 36.4 Å². The average Bonchev–Trinajstić information content (AvgIpc) is 2.98. The molecule has 0 aromatic heterocycles. The summed E-state index contributed by atoms with van der Waals surface area (Å²) in [5.41, 5.74) is 1.30.